The van der Waals surface area contributed by atoms with Crippen LogP contribution < -0.4 is 0 Å². The van der Waals surface area contributed by atoms with E-state index in [-0.39, 0.29) is 11.1 Å². The Kier molecular flexibility index (Phi) is 4.82. The van der Waals surface area contributed by atoms with Crippen molar-refractivity contribution in [3.05, 3.63) is 32.2 Å². The molecular weight excluding hydrogens is 400 g/mol. The van der Waals surface area contributed by atoms with Crippen LogP contribution in [0.2, 0.25) is 0 Å². The second-order valence-electron chi connectivity index (χ2n) is 7.48. The maximum absolute atomic E-state index is 5.01. The smallest absolute Gasteiger partial charge is 0.122 e. The molecule has 0 saturated heterocycles. The quantitative estimate of drug-likeness (QED) is 0.668. The Balaban J connectivity index is 1.60. The number of aliphatic imine (C=N–C) groups is 2. The molecule has 2 aromatic rings. The van der Waals surface area contributed by atoms with Crippen molar-refractivity contribution in [3.63, 3.8) is 0 Å². The van der Waals surface area contributed by atoms with E-state index in [1.165, 1.54) is 5.04 Å². The van der Waals surface area contributed by atoms with Crippen molar-refractivity contribution < 1.29 is 0 Å². The zero-order chi connectivity index (χ0) is 18.5. The van der Waals surface area contributed by atoms with Crippen LogP contribution >= 0.6 is 46.2 Å². The fraction of sp³-hybridized carbons (Fsp3) is 0.556. The lowest BCUT2D eigenvalue weighted by Crippen LogP contribution is -2.19. The maximum Gasteiger partial charge on any atom is 0.122 e. The molecule has 0 radical (unpaired) electrons. The first-order valence-corrected chi connectivity index (χ1v) is 12.4. The standard InChI is InChI=1S/C18H22N4S4/c1-10(2)13-21-18(5,8-25-13)16-20-12(7-24-16)14-22-17(4,9-26-14)15-19-11(3)6-23-15/h6-7,10H,8-9H2,1-5H3/t17-,18+/m1/s1. The molecular formula is C18H22N4S4. The van der Waals surface area contributed by atoms with Crippen molar-refractivity contribution in [2.45, 2.75) is 45.7 Å². The summed E-state index contributed by atoms with van der Waals surface area (Å²) in [6.07, 6.45) is 0. The summed E-state index contributed by atoms with van der Waals surface area (Å²) in [5, 5.41) is 8.70. The SMILES string of the molecule is Cc1csc([C@@]2(C)CSC(c3csc([C@]4(C)CSC(C(C)C)=N4)n3)=N2)n1. The highest BCUT2D eigenvalue weighted by Crippen LogP contribution is 2.42. The van der Waals surface area contributed by atoms with Gasteiger partial charge in [-0.25, -0.2) is 9.97 Å². The second-order valence-corrected chi connectivity index (χ2v) is 11.2. The molecule has 0 fully saturated rings. The van der Waals surface area contributed by atoms with Crippen molar-refractivity contribution in [1.29, 1.82) is 0 Å². The number of thioether (sulfide) groups is 2. The highest BCUT2D eigenvalue weighted by atomic mass is 32.2. The van der Waals surface area contributed by atoms with E-state index in [1.807, 2.05) is 18.7 Å². The number of aryl methyl sites for hydroxylation is 1. The zero-order valence-electron chi connectivity index (χ0n) is 15.6. The predicted molar refractivity (Wildman–Crippen MR) is 117 cm³/mol. The number of hydrogen-bond acceptors (Lipinski definition) is 8. The minimum Gasteiger partial charge on any atom is -0.268 e. The van der Waals surface area contributed by atoms with Crippen molar-refractivity contribution >= 4 is 56.3 Å². The van der Waals surface area contributed by atoms with Gasteiger partial charge in [-0.05, 0) is 20.8 Å². The summed E-state index contributed by atoms with van der Waals surface area (Å²) in [5.74, 6) is 2.38. The molecule has 4 rings (SSSR count). The molecule has 0 bridgehead atoms. The number of rotatable bonds is 4. The van der Waals surface area contributed by atoms with E-state index in [0.717, 1.165) is 38.0 Å². The molecule has 0 N–H and O–H groups in total. The molecule has 0 unspecified atom stereocenters. The molecule has 2 aromatic heterocycles. The maximum atomic E-state index is 5.01. The van der Waals surface area contributed by atoms with E-state index < -0.39 is 0 Å². The molecule has 138 valence electrons. The molecule has 26 heavy (non-hydrogen) atoms. The van der Waals surface area contributed by atoms with Crippen molar-refractivity contribution in [2.75, 3.05) is 11.5 Å². The zero-order valence-corrected chi connectivity index (χ0v) is 18.8. The van der Waals surface area contributed by atoms with Gasteiger partial charge in [0.1, 0.15) is 31.8 Å². The van der Waals surface area contributed by atoms with Crippen LogP contribution in [0.5, 0.6) is 0 Å². The Bertz CT molecular complexity index is 897. The average molecular weight is 423 g/mol. The van der Waals surface area contributed by atoms with Crippen LogP contribution in [0.25, 0.3) is 0 Å². The monoisotopic (exact) mass is 422 g/mol. The molecule has 0 spiro atoms. The molecule has 2 atom stereocenters. The Labute approximate surface area is 171 Å². The molecule has 2 aliphatic rings. The molecule has 0 aliphatic carbocycles. The van der Waals surface area contributed by atoms with Crippen LogP contribution in [0.4, 0.5) is 0 Å². The van der Waals surface area contributed by atoms with Gasteiger partial charge < -0.3 is 0 Å². The summed E-state index contributed by atoms with van der Waals surface area (Å²) < 4.78 is 0. The van der Waals surface area contributed by atoms with Crippen LogP contribution in [-0.4, -0.2) is 31.6 Å². The van der Waals surface area contributed by atoms with E-state index in [9.17, 15) is 0 Å². The molecule has 0 aromatic carbocycles. The Morgan fingerprint density at radius 3 is 2.23 bits per heavy atom. The van der Waals surface area contributed by atoms with Gasteiger partial charge in [0.2, 0.25) is 0 Å². The topological polar surface area (TPSA) is 50.5 Å². The first-order valence-electron chi connectivity index (χ1n) is 8.63. The van der Waals surface area contributed by atoms with Gasteiger partial charge in [0.15, 0.2) is 0 Å². The van der Waals surface area contributed by atoms with Gasteiger partial charge >= 0.3 is 0 Å². The second kappa shape index (κ2) is 6.72. The van der Waals surface area contributed by atoms with Gasteiger partial charge in [0.05, 0.1) is 5.04 Å². The molecule has 8 heteroatoms. The van der Waals surface area contributed by atoms with Gasteiger partial charge in [-0.3, -0.25) is 9.98 Å². The van der Waals surface area contributed by atoms with E-state index in [4.69, 9.17) is 15.0 Å². The van der Waals surface area contributed by atoms with Crippen LogP contribution in [0, 0.1) is 12.8 Å². The van der Waals surface area contributed by atoms with Crippen LogP contribution in [0.15, 0.2) is 20.7 Å². The lowest BCUT2D eigenvalue weighted by atomic mass is 10.1. The normalized spacial score (nSPS) is 28.7. The largest absolute Gasteiger partial charge is 0.268 e. The third kappa shape index (κ3) is 3.30. The van der Waals surface area contributed by atoms with E-state index in [1.54, 1.807) is 34.4 Å². The Hall–Kier alpha value is -0.700. The highest BCUT2D eigenvalue weighted by Gasteiger charge is 2.39. The van der Waals surface area contributed by atoms with Crippen LogP contribution in [-0.2, 0) is 11.1 Å². The van der Waals surface area contributed by atoms with Crippen LogP contribution in [0.1, 0.15) is 49.1 Å². The van der Waals surface area contributed by atoms with Gasteiger partial charge in [-0.2, -0.15) is 0 Å². The first kappa shape index (κ1) is 18.7. The lowest BCUT2D eigenvalue weighted by Gasteiger charge is -2.16. The third-order valence-corrected chi connectivity index (χ3v) is 9.61. The number of aromatic nitrogens is 2. The average Bonchev–Trinajstić information content (AvgIpc) is 3.33. The highest BCUT2D eigenvalue weighted by molar-refractivity contribution is 8.14. The van der Waals surface area contributed by atoms with Gasteiger partial charge in [-0.15, -0.1) is 46.2 Å². The molecule has 4 heterocycles. The van der Waals surface area contributed by atoms with Crippen LogP contribution in [0.3, 0.4) is 0 Å². The third-order valence-electron chi connectivity index (χ3n) is 4.45. The van der Waals surface area contributed by atoms with Crippen molar-refractivity contribution in [2.24, 2.45) is 15.9 Å². The fourth-order valence-corrected chi connectivity index (χ4v) is 7.32. The summed E-state index contributed by atoms with van der Waals surface area (Å²) in [5.41, 5.74) is 1.62. The molecule has 0 saturated carbocycles. The molecule has 4 nitrogen and oxygen atoms in total. The number of thiazole rings is 2. The van der Waals surface area contributed by atoms with E-state index >= 15 is 0 Å². The van der Waals surface area contributed by atoms with Gasteiger partial charge in [0, 0.05) is 33.9 Å². The minimum atomic E-state index is -0.237. The fourth-order valence-electron chi connectivity index (χ4n) is 2.89. The summed E-state index contributed by atoms with van der Waals surface area (Å²) in [6.45, 7) is 10.8. The van der Waals surface area contributed by atoms with E-state index in [0.29, 0.717) is 5.92 Å². The predicted octanol–water partition coefficient (Wildman–Crippen LogP) is 5.33. The van der Waals surface area contributed by atoms with Crippen molar-refractivity contribution in [1.82, 2.24) is 9.97 Å². The summed E-state index contributed by atoms with van der Waals surface area (Å²) in [6, 6.07) is 0. The summed E-state index contributed by atoms with van der Waals surface area (Å²) >= 11 is 7.06. The minimum absolute atomic E-state index is 0.202. The summed E-state index contributed by atoms with van der Waals surface area (Å²) in [4.78, 5) is 19.6. The summed E-state index contributed by atoms with van der Waals surface area (Å²) in [7, 11) is 0. The van der Waals surface area contributed by atoms with Crippen molar-refractivity contribution in [3.8, 4) is 0 Å². The van der Waals surface area contributed by atoms with E-state index in [2.05, 4.69) is 43.4 Å². The number of nitrogens with zero attached hydrogens (tertiary/aromatic N) is 4. The Morgan fingerprint density at radius 2 is 1.58 bits per heavy atom. The molecule has 2 aliphatic heterocycles. The first-order chi connectivity index (χ1) is 12.3. The molecule has 0 amide bonds. The van der Waals surface area contributed by atoms with Gasteiger partial charge in [-0.1, -0.05) is 13.8 Å². The van der Waals surface area contributed by atoms with Gasteiger partial charge in [0.25, 0.3) is 0 Å². The Morgan fingerprint density at radius 1 is 0.923 bits per heavy atom. The lowest BCUT2D eigenvalue weighted by molar-refractivity contribution is 0.570. The number of hydrogen-bond donors (Lipinski definition) is 0.